The topological polar surface area (TPSA) is 123 Å². The number of nitro groups is 1. The van der Waals surface area contributed by atoms with Crippen molar-refractivity contribution in [2.24, 2.45) is 0 Å². The SMILES string of the molecule is CNc1cc(C(=O)Nc2nnc(C)s2)c([N+](=O)[O-])cn1. The Hall–Kier alpha value is -2.62. The predicted molar refractivity (Wildman–Crippen MR) is 73.0 cm³/mol. The molecule has 0 aliphatic rings. The van der Waals surface area contributed by atoms with Gasteiger partial charge in [-0.25, -0.2) is 4.98 Å². The summed E-state index contributed by atoms with van der Waals surface area (Å²) >= 11 is 1.18. The van der Waals surface area contributed by atoms with E-state index in [2.05, 4.69) is 25.8 Å². The maximum atomic E-state index is 12.1. The Morgan fingerprint density at radius 1 is 1.45 bits per heavy atom. The van der Waals surface area contributed by atoms with E-state index in [1.807, 2.05) is 0 Å². The van der Waals surface area contributed by atoms with Crippen LogP contribution in [-0.2, 0) is 0 Å². The first kappa shape index (κ1) is 13.8. The van der Waals surface area contributed by atoms with Crippen LogP contribution in [-0.4, -0.2) is 33.1 Å². The Kier molecular flexibility index (Phi) is 3.84. The molecule has 0 bridgehead atoms. The van der Waals surface area contributed by atoms with E-state index in [4.69, 9.17) is 0 Å². The molecule has 0 aromatic carbocycles. The van der Waals surface area contributed by atoms with Gasteiger partial charge in [0.15, 0.2) is 0 Å². The number of amides is 1. The van der Waals surface area contributed by atoms with Crippen molar-refractivity contribution in [2.75, 3.05) is 17.7 Å². The molecule has 0 spiro atoms. The van der Waals surface area contributed by atoms with Gasteiger partial charge >= 0.3 is 0 Å². The summed E-state index contributed by atoms with van der Waals surface area (Å²) in [6, 6.07) is 1.31. The molecule has 2 heterocycles. The molecule has 20 heavy (non-hydrogen) atoms. The van der Waals surface area contributed by atoms with Gasteiger partial charge in [-0.3, -0.25) is 20.2 Å². The highest BCUT2D eigenvalue weighted by Gasteiger charge is 2.22. The fraction of sp³-hybridized carbons (Fsp3) is 0.200. The molecule has 104 valence electrons. The molecule has 2 N–H and O–H groups in total. The molecule has 1 amide bonds. The number of pyridine rings is 1. The van der Waals surface area contributed by atoms with Crippen molar-refractivity contribution in [3.8, 4) is 0 Å². The Morgan fingerprint density at radius 3 is 2.75 bits per heavy atom. The summed E-state index contributed by atoms with van der Waals surface area (Å²) in [6.45, 7) is 1.74. The molecule has 0 atom stereocenters. The molecule has 0 unspecified atom stereocenters. The zero-order valence-electron chi connectivity index (χ0n) is 10.6. The smallest absolute Gasteiger partial charge is 0.300 e. The Labute approximate surface area is 117 Å². The molecule has 0 saturated carbocycles. The number of carbonyl (C=O) groups is 1. The third-order valence-electron chi connectivity index (χ3n) is 2.33. The van der Waals surface area contributed by atoms with E-state index in [0.29, 0.717) is 10.8 Å². The minimum absolute atomic E-state index is 0.0952. The van der Waals surface area contributed by atoms with Gasteiger partial charge in [0.05, 0.1) is 4.92 Å². The van der Waals surface area contributed by atoms with Crippen LogP contribution in [0.15, 0.2) is 12.3 Å². The van der Waals surface area contributed by atoms with Crippen molar-refractivity contribution in [3.63, 3.8) is 0 Å². The first-order valence-electron chi connectivity index (χ1n) is 5.45. The van der Waals surface area contributed by atoms with E-state index in [0.717, 1.165) is 6.20 Å². The van der Waals surface area contributed by atoms with Gasteiger partial charge in [0.2, 0.25) is 5.13 Å². The van der Waals surface area contributed by atoms with Crippen LogP contribution in [0.2, 0.25) is 0 Å². The van der Waals surface area contributed by atoms with Crippen molar-refractivity contribution < 1.29 is 9.72 Å². The molecule has 0 fully saturated rings. The number of rotatable bonds is 4. The van der Waals surface area contributed by atoms with Crippen LogP contribution in [0.25, 0.3) is 0 Å². The lowest BCUT2D eigenvalue weighted by Gasteiger charge is -2.04. The molecule has 2 rings (SSSR count). The highest BCUT2D eigenvalue weighted by atomic mass is 32.1. The molecule has 0 saturated heterocycles. The van der Waals surface area contributed by atoms with E-state index in [-0.39, 0.29) is 16.4 Å². The molecule has 2 aromatic heterocycles. The molecule has 2 aromatic rings. The van der Waals surface area contributed by atoms with Crippen LogP contribution in [0.5, 0.6) is 0 Å². The summed E-state index contributed by atoms with van der Waals surface area (Å²) in [4.78, 5) is 26.2. The quantitative estimate of drug-likeness (QED) is 0.646. The van der Waals surface area contributed by atoms with Crippen LogP contribution in [0, 0.1) is 17.0 Å². The van der Waals surface area contributed by atoms with Crippen molar-refractivity contribution in [2.45, 2.75) is 6.92 Å². The Bertz CT molecular complexity index is 671. The first-order valence-corrected chi connectivity index (χ1v) is 6.26. The molecule has 9 nitrogen and oxygen atoms in total. The number of anilines is 2. The molecular formula is C10H10N6O3S. The van der Waals surface area contributed by atoms with Gasteiger partial charge in [0, 0.05) is 13.1 Å². The maximum Gasteiger partial charge on any atom is 0.300 e. The largest absolute Gasteiger partial charge is 0.373 e. The molecule has 0 radical (unpaired) electrons. The van der Waals surface area contributed by atoms with Gasteiger partial charge in [-0.05, 0) is 6.92 Å². The van der Waals surface area contributed by atoms with Crippen molar-refractivity contribution in [1.29, 1.82) is 0 Å². The average molecular weight is 294 g/mol. The zero-order valence-corrected chi connectivity index (χ0v) is 11.4. The van der Waals surface area contributed by atoms with Crippen LogP contribution < -0.4 is 10.6 Å². The summed E-state index contributed by atoms with van der Waals surface area (Å²) in [5, 5.41) is 24.6. The number of aromatic nitrogens is 3. The van der Waals surface area contributed by atoms with Crippen LogP contribution in [0.3, 0.4) is 0 Å². The summed E-state index contributed by atoms with van der Waals surface area (Å²) in [7, 11) is 1.60. The van der Waals surface area contributed by atoms with Gasteiger partial charge in [-0.1, -0.05) is 11.3 Å². The Balaban J connectivity index is 2.34. The number of nitrogens with zero attached hydrogens (tertiary/aromatic N) is 4. The molecule has 10 heteroatoms. The number of nitrogens with one attached hydrogen (secondary N) is 2. The van der Waals surface area contributed by atoms with Gasteiger partial charge < -0.3 is 5.32 Å². The number of hydrogen-bond donors (Lipinski definition) is 2. The predicted octanol–water partition coefficient (Wildman–Crippen LogP) is 1.44. The van der Waals surface area contributed by atoms with Crippen molar-refractivity contribution in [3.05, 3.63) is 32.9 Å². The second-order valence-corrected chi connectivity index (χ2v) is 4.86. The fourth-order valence-electron chi connectivity index (χ4n) is 1.42. The maximum absolute atomic E-state index is 12.1. The van der Waals surface area contributed by atoms with Crippen LogP contribution >= 0.6 is 11.3 Å². The minimum Gasteiger partial charge on any atom is -0.373 e. The molecule has 0 aliphatic carbocycles. The summed E-state index contributed by atoms with van der Waals surface area (Å²) < 4.78 is 0. The van der Waals surface area contributed by atoms with E-state index >= 15 is 0 Å². The number of carbonyl (C=O) groups excluding carboxylic acids is 1. The van der Waals surface area contributed by atoms with Gasteiger partial charge in [0.1, 0.15) is 22.6 Å². The van der Waals surface area contributed by atoms with Crippen LogP contribution in [0.4, 0.5) is 16.6 Å². The van der Waals surface area contributed by atoms with Gasteiger partial charge in [-0.2, -0.15) is 0 Å². The number of hydrogen-bond acceptors (Lipinski definition) is 8. The van der Waals surface area contributed by atoms with E-state index in [1.54, 1.807) is 14.0 Å². The normalized spacial score (nSPS) is 10.1. The second kappa shape index (κ2) is 5.57. The van der Waals surface area contributed by atoms with Crippen molar-refractivity contribution in [1.82, 2.24) is 15.2 Å². The lowest BCUT2D eigenvalue weighted by molar-refractivity contribution is -0.385. The summed E-state index contributed by atoms with van der Waals surface area (Å²) in [5.41, 5.74) is -0.468. The number of aryl methyl sites for hydroxylation is 1. The third kappa shape index (κ3) is 2.85. The summed E-state index contributed by atoms with van der Waals surface area (Å²) in [5.74, 6) is -0.277. The second-order valence-electron chi connectivity index (χ2n) is 3.67. The monoisotopic (exact) mass is 294 g/mol. The summed E-state index contributed by atoms with van der Waals surface area (Å²) in [6.07, 6.45) is 1.03. The highest BCUT2D eigenvalue weighted by molar-refractivity contribution is 7.15. The zero-order chi connectivity index (χ0) is 14.7. The third-order valence-corrected chi connectivity index (χ3v) is 3.08. The highest BCUT2D eigenvalue weighted by Crippen LogP contribution is 2.22. The lowest BCUT2D eigenvalue weighted by atomic mass is 10.2. The van der Waals surface area contributed by atoms with Gasteiger partial charge in [0.25, 0.3) is 11.6 Å². The first-order chi connectivity index (χ1) is 9.51. The van der Waals surface area contributed by atoms with Crippen molar-refractivity contribution >= 4 is 33.9 Å². The minimum atomic E-state index is -0.660. The average Bonchev–Trinajstić information content (AvgIpc) is 2.83. The molecular weight excluding hydrogens is 284 g/mol. The Morgan fingerprint density at radius 2 is 2.20 bits per heavy atom. The molecule has 0 aliphatic heterocycles. The van der Waals surface area contributed by atoms with Gasteiger partial charge in [-0.15, -0.1) is 10.2 Å². The van der Waals surface area contributed by atoms with E-state index < -0.39 is 10.8 Å². The standard InChI is InChI=1S/C10H10N6O3S/c1-5-14-15-10(20-5)13-9(17)6-3-8(11-2)12-4-7(6)16(18)19/h3-4H,1-2H3,(H,11,12)(H,13,15,17). The van der Waals surface area contributed by atoms with E-state index in [1.165, 1.54) is 17.4 Å². The lowest BCUT2D eigenvalue weighted by Crippen LogP contribution is -2.14. The van der Waals surface area contributed by atoms with E-state index in [9.17, 15) is 14.9 Å². The fourth-order valence-corrected chi connectivity index (χ4v) is 2.01. The van der Waals surface area contributed by atoms with Crippen LogP contribution in [0.1, 0.15) is 15.4 Å².